The van der Waals surface area contributed by atoms with E-state index in [2.05, 4.69) is 15.1 Å². The second-order valence-corrected chi connectivity index (χ2v) is 5.44. The molecule has 3 heterocycles. The van der Waals surface area contributed by atoms with Crippen LogP contribution in [0.25, 0.3) is 0 Å². The fourth-order valence-corrected chi connectivity index (χ4v) is 2.74. The number of hydrogen-bond donors (Lipinski definition) is 0. The summed E-state index contributed by atoms with van der Waals surface area (Å²) in [5.74, 6) is 0.540. The van der Waals surface area contributed by atoms with Gasteiger partial charge in [-0.2, -0.15) is 5.10 Å². The lowest BCUT2D eigenvalue weighted by atomic mass is 9.93. The highest BCUT2D eigenvalue weighted by Gasteiger charge is 2.24. The Labute approximate surface area is 123 Å². The third-order valence-electron chi connectivity index (χ3n) is 3.90. The van der Waals surface area contributed by atoms with Crippen molar-refractivity contribution in [1.29, 1.82) is 0 Å². The molecule has 1 aliphatic heterocycles. The molecule has 110 valence electrons. The summed E-state index contributed by atoms with van der Waals surface area (Å²) in [6.45, 7) is 3.84. The number of nitrogens with zero attached hydrogens (tertiary/aromatic N) is 5. The number of amides is 1. The molecule has 0 aliphatic carbocycles. The van der Waals surface area contributed by atoms with Crippen molar-refractivity contribution >= 4 is 5.91 Å². The smallest absolute Gasteiger partial charge is 0.244 e. The van der Waals surface area contributed by atoms with Crippen molar-refractivity contribution in [2.24, 2.45) is 0 Å². The van der Waals surface area contributed by atoms with Crippen LogP contribution in [0.5, 0.6) is 0 Å². The fourth-order valence-electron chi connectivity index (χ4n) is 2.74. The summed E-state index contributed by atoms with van der Waals surface area (Å²) in [5.41, 5.74) is 2.00. The van der Waals surface area contributed by atoms with Gasteiger partial charge in [0.05, 0.1) is 11.4 Å². The number of aromatic nitrogens is 4. The van der Waals surface area contributed by atoms with Crippen LogP contribution in [0.2, 0.25) is 0 Å². The van der Waals surface area contributed by atoms with Gasteiger partial charge in [-0.05, 0) is 25.8 Å². The van der Waals surface area contributed by atoms with E-state index in [0.717, 1.165) is 37.3 Å². The zero-order valence-electron chi connectivity index (χ0n) is 12.1. The molecule has 2 aromatic heterocycles. The van der Waals surface area contributed by atoms with E-state index in [-0.39, 0.29) is 5.91 Å². The Bertz CT molecular complexity index is 602. The molecular weight excluding hydrogens is 266 g/mol. The molecule has 3 rings (SSSR count). The van der Waals surface area contributed by atoms with Gasteiger partial charge in [0.15, 0.2) is 0 Å². The standard InChI is InChI=1S/C15H19N5O/c1-12-9-16-10-14(18-12)13-3-7-19(8-4-13)15(21)11-20-6-2-5-17-20/h2,5-6,9-10,13H,3-4,7-8,11H2,1H3. The monoisotopic (exact) mass is 285 g/mol. The maximum absolute atomic E-state index is 12.2. The molecule has 0 aromatic carbocycles. The zero-order valence-corrected chi connectivity index (χ0v) is 12.1. The number of carbonyl (C=O) groups is 1. The van der Waals surface area contributed by atoms with Crippen molar-refractivity contribution in [2.75, 3.05) is 13.1 Å². The van der Waals surface area contributed by atoms with Crippen LogP contribution in [-0.2, 0) is 11.3 Å². The minimum Gasteiger partial charge on any atom is -0.341 e. The minimum absolute atomic E-state index is 0.132. The molecule has 0 bridgehead atoms. The Hall–Kier alpha value is -2.24. The van der Waals surface area contributed by atoms with Crippen molar-refractivity contribution in [1.82, 2.24) is 24.6 Å². The van der Waals surface area contributed by atoms with Gasteiger partial charge >= 0.3 is 0 Å². The second-order valence-electron chi connectivity index (χ2n) is 5.44. The Morgan fingerprint density at radius 1 is 1.33 bits per heavy atom. The predicted molar refractivity (Wildman–Crippen MR) is 77.6 cm³/mol. The summed E-state index contributed by atoms with van der Waals surface area (Å²) in [5, 5.41) is 4.07. The summed E-state index contributed by atoms with van der Waals surface area (Å²) >= 11 is 0. The number of carbonyl (C=O) groups excluding carboxylic acids is 1. The first-order chi connectivity index (χ1) is 10.2. The molecular formula is C15H19N5O. The SMILES string of the molecule is Cc1cncc(C2CCN(C(=O)Cn3cccn3)CC2)n1. The molecule has 21 heavy (non-hydrogen) atoms. The molecule has 0 spiro atoms. The van der Waals surface area contributed by atoms with Crippen LogP contribution in [0.4, 0.5) is 0 Å². The van der Waals surface area contributed by atoms with E-state index >= 15 is 0 Å². The first kappa shape index (κ1) is 13.7. The van der Waals surface area contributed by atoms with Gasteiger partial charge in [-0.15, -0.1) is 0 Å². The van der Waals surface area contributed by atoms with Gasteiger partial charge in [0, 0.05) is 43.8 Å². The normalized spacial score (nSPS) is 16.1. The lowest BCUT2D eigenvalue weighted by Crippen LogP contribution is -2.40. The highest BCUT2D eigenvalue weighted by molar-refractivity contribution is 5.76. The molecule has 1 amide bonds. The number of likely N-dealkylation sites (tertiary alicyclic amines) is 1. The molecule has 6 nitrogen and oxygen atoms in total. The lowest BCUT2D eigenvalue weighted by Gasteiger charge is -2.31. The molecule has 0 N–H and O–H groups in total. The van der Waals surface area contributed by atoms with Gasteiger partial charge in [-0.1, -0.05) is 0 Å². The van der Waals surface area contributed by atoms with Crippen molar-refractivity contribution in [2.45, 2.75) is 32.2 Å². The average Bonchev–Trinajstić information content (AvgIpc) is 3.00. The zero-order chi connectivity index (χ0) is 14.7. The minimum atomic E-state index is 0.132. The molecule has 1 aliphatic rings. The number of aryl methyl sites for hydroxylation is 1. The summed E-state index contributed by atoms with van der Waals surface area (Å²) < 4.78 is 1.67. The van der Waals surface area contributed by atoms with Gasteiger partial charge in [0.25, 0.3) is 0 Å². The van der Waals surface area contributed by atoms with Crippen LogP contribution in [0.15, 0.2) is 30.9 Å². The molecule has 6 heteroatoms. The Morgan fingerprint density at radius 3 is 2.81 bits per heavy atom. The second kappa shape index (κ2) is 6.03. The molecule has 1 fully saturated rings. The third kappa shape index (κ3) is 3.26. The van der Waals surface area contributed by atoms with Crippen LogP contribution < -0.4 is 0 Å². The average molecular weight is 285 g/mol. The number of piperidine rings is 1. The molecule has 1 saturated heterocycles. The van der Waals surface area contributed by atoms with E-state index in [4.69, 9.17) is 0 Å². The van der Waals surface area contributed by atoms with Crippen molar-refractivity contribution in [3.63, 3.8) is 0 Å². The first-order valence-electron chi connectivity index (χ1n) is 7.26. The topological polar surface area (TPSA) is 63.9 Å². The van der Waals surface area contributed by atoms with E-state index < -0.39 is 0 Å². The van der Waals surface area contributed by atoms with Gasteiger partial charge in [0.1, 0.15) is 6.54 Å². The van der Waals surface area contributed by atoms with E-state index in [1.165, 1.54) is 0 Å². The highest BCUT2D eigenvalue weighted by Crippen LogP contribution is 2.26. The van der Waals surface area contributed by atoms with E-state index in [1.54, 1.807) is 17.1 Å². The number of rotatable bonds is 3. The van der Waals surface area contributed by atoms with Crippen LogP contribution in [-0.4, -0.2) is 43.6 Å². The largest absolute Gasteiger partial charge is 0.341 e. The van der Waals surface area contributed by atoms with Gasteiger partial charge in [0.2, 0.25) is 5.91 Å². The first-order valence-corrected chi connectivity index (χ1v) is 7.26. The Morgan fingerprint density at radius 2 is 2.14 bits per heavy atom. The van der Waals surface area contributed by atoms with Crippen LogP contribution in [0, 0.1) is 6.92 Å². The van der Waals surface area contributed by atoms with Crippen LogP contribution in [0.1, 0.15) is 30.1 Å². The molecule has 0 atom stereocenters. The summed E-state index contributed by atoms with van der Waals surface area (Å²) in [6, 6.07) is 1.83. The highest BCUT2D eigenvalue weighted by atomic mass is 16.2. The van der Waals surface area contributed by atoms with Crippen molar-refractivity contribution < 1.29 is 4.79 Å². The third-order valence-corrected chi connectivity index (χ3v) is 3.90. The van der Waals surface area contributed by atoms with Gasteiger partial charge in [-0.3, -0.25) is 19.4 Å². The Balaban J connectivity index is 1.56. The van der Waals surface area contributed by atoms with Crippen LogP contribution in [0.3, 0.4) is 0 Å². The summed E-state index contributed by atoms with van der Waals surface area (Å²) in [6.07, 6.45) is 9.01. The van der Waals surface area contributed by atoms with Crippen molar-refractivity contribution in [3.8, 4) is 0 Å². The van der Waals surface area contributed by atoms with Crippen molar-refractivity contribution in [3.05, 3.63) is 42.2 Å². The van der Waals surface area contributed by atoms with E-state index in [9.17, 15) is 4.79 Å². The summed E-state index contributed by atoms with van der Waals surface area (Å²) in [7, 11) is 0. The Kier molecular flexibility index (Phi) is 3.94. The van der Waals surface area contributed by atoms with E-state index in [1.807, 2.05) is 30.3 Å². The van der Waals surface area contributed by atoms with Gasteiger partial charge in [-0.25, -0.2) is 0 Å². The predicted octanol–water partition coefficient (Wildman–Crippen LogP) is 1.39. The molecule has 0 radical (unpaired) electrons. The quantitative estimate of drug-likeness (QED) is 0.855. The number of hydrogen-bond acceptors (Lipinski definition) is 4. The van der Waals surface area contributed by atoms with E-state index in [0.29, 0.717) is 12.5 Å². The maximum atomic E-state index is 12.2. The lowest BCUT2D eigenvalue weighted by molar-refractivity contribution is -0.133. The molecule has 0 unspecified atom stereocenters. The molecule has 2 aromatic rings. The van der Waals surface area contributed by atoms with Crippen LogP contribution >= 0.6 is 0 Å². The van der Waals surface area contributed by atoms with Gasteiger partial charge < -0.3 is 4.90 Å². The fraction of sp³-hybridized carbons (Fsp3) is 0.467. The maximum Gasteiger partial charge on any atom is 0.244 e. The summed E-state index contributed by atoms with van der Waals surface area (Å²) in [4.78, 5) is 22.9. The molecule has 0 saturated carbocycles.